The molecule has 2 aromatic carbocycles. The van der Waals surface area contributed by atoms with Crippen LogP contribution in [0.1, 0.15) is 116 Å². The van der Waals surface area contributed by atoms with Gasteiger partial charge in [-0.2, -0.15) is 0 Å². The van der Waals surface area contributed by atoms with E-state index in [4.69, 9.17) is 28.4 Å². The highest BCUT2D eigenvalue weighted by Crippen LogP contribution is 2.33. The minimum absolute atomic E-state index is 0.175. The highest BCUT2D eigenvalue weighted by molar-refractivity contribution is 5.82. The molecule has 0 heterocycles. The van der Waals surface area contributed by atoms with Gasteiger partial charge >= 0.3 is 35.8 Å². The van der Waals surface area contributed by atoms with Gasteiger partial charge in [0.05, 0.1) is 24.7 Å². The van der Waals surface area contributed by atoms with Crippen LogP contribution in [0.15, 0.2) is 98.1 Å². The van der Waals surface area contributed by atoms with Crippen LogP contribution in [0.4, 0.5) is 0 Å². The molecule has 0 aliphatic rings. The molecule has 0 spiro atoms. The number of rotatable bonds is 34. The van der Waals surface area contributed by atoms with Crippen molar-refractivity contribution in [3.63, 3.8) is 0 Å². The van der Waals surface area contributed by atoms with Crippen LogP contribution in [0.2, 0.25) is 0 Å². The Morgan fingerprint density at radius 3 is 1.26 bits per heavy atom. The number of allylic oxidation sites excluding steroid dienone is 4. The van der Waals surface area contributed by atoms with Crippen molar-refractivity contribution in [3.8, 4) is 11.5 Å². The van der Waals surface area contributed by atoms with Crippen LogP contribution in [-0.2, 0) is 53.1 Å². The molecule has 0 aromatic heterocycles. The number of carboxylic acid groups (broad SMARTS) is 2. The minimum atomic E-state index is -1.12. The summed E-state index contributed by atoms with van der Waals surface area (Å²) >= 11 is 0. The van der Waals surface area contributed by atoms with Gasteiger partial charge in [0.2, 0.25) is 0 Å². The van der Waals surface area contributed by atoms with Gasteiger partial charge in [-0.3, -0.25) is 19.2 Å². The van der Waals surface area contributed by atoms with Crippen LogP contribution in [0.25, 0.3) is 0 Å². The van der Waals surface area contributed by atoms with Gasteiger partial charge in [-0.25, -0.2) is 9.59 Å². The average Bonchev–Trinajstić information content (AvgIpc) is 3.29. The maximum absolute atomic E-state index is 12.9. The van der Waals surface area contributed by atoms with E-state index in [1.165, 1.54) is 0 Å². The van der Waals surface area contributed by atoms with E-state index in [0.29, 0.717) is 11.5 Å². The number of aliphatic carboxylic acids is 2. The van der Waals surface area contributed by atoms with E-state index in [1.54, 1.807) is 36.4 Å². The molecule has 0 saturated carbocycles. The third kappa shape index (κ3) is 22.3. The summed E-state index contributed by atoms with van der Waals surface area (Å²) in [5.41, 5.74) is 1.37. The Kier molecular flexibility index (Phi) is 26.1. The quantitative estimate of drug-likeness (QED) is 0.0221. The zero-order valence-electron chi connectivity index (χ0n) is 38.4. The van der Waals surface area contributed by atoms with Crippen LogP contribution < -0.4 is 9.47 Å². The summed E-state index contributed by atoms with van der Waals surface area (Å²) in [6, 6.07) is 14.5. The molecule has 0 radical (unpaired) electrons. The molecule has 0 bridgehead atoms. The van der Waals surface area contributed by atoms with Gasteiger partial charge in [0.15, 0.2) is 12.2 Å². The van der Waals surface area contributed by atoms with Crippen LogP contribution >= 0.6 is 0 Å². The first-order valence-electron chi connectivity index (χ1n) is 22.3. The first-order valence-corrected chi connectivity index (χ1v) is 22.3. The molecular formula is C51H68O14. The van der Waals surface area contributed by atoms with Crippen molar-refractivity contribution in [1.82, 2.24) is 0 Å². The van der Waals surface area contributed by atoms with Crippen molar-refractivity contribution in [3.05, 3.63) is 109 Å². The molecule has 0 amide bonds. The van der Waals surface area contributed by atoms with Gasteiger partial charge in [-0.1, -0.05) is 115 Å². The van der Waals surface area contributed by atoms with E-state index in [-0.39, 0.29) is 52.1 Å². The SMILES string of the molecule is C=CC(=O)OCC(COc1ccc(C(C)(C)c2ccc(OCC(COC(=O)C=C)OC(=O)CC(CC=CCCCCC)C(=O)O)cc2)cc1)OC(=O)CC(CC=CCCCCC)C(=O)O. The standard InChI is InChI=1S/C51H68O14/c1-7-11-13-15-17-19-21-37(49(56)57)31-47(54)64-43(35-62-45(52)9-3)33-60-41-27-23-39(24-28-41)51(5,6)40-25-29-42(30-26-40)61-34-44(36-63-46(53)10-4)65-48(55)32-38(50(58)59)22-20-18-16-14-12-8-2/h9-10,17-20,23-30,37-38,43-44H,3-4,7-8,11-16,21-22,31-36H2,1-2,5-6H3,(H,56,57)(H,58,59). The molecule has 0 saturated heterocycles. The Balaban J connectivity index is 2.06. The monoisotopic (exact) mass is 904 g/mol. The summed E-state index contributed by atoms with van der Waals surface area (Å²) in [6.45, 7) is 14.0. The summed E-state index contributed by atoms with van der Waals surface area (Å²) in [5.74, 6) is -6.25. The lowest BCUT2D eigenvalue weighted by molar-refractivity contribution is -0.161. The van der Waals surface area contributed by atoms with Crippen molar-refractivity contribution in [2.75, 3.05) is 26.4 Å². The molecule has 14 heteroatoms. The molecule has 14 nitrogen and oxygen atoms in total. The summed E-state index contributed by atoms with van der Waals surface area (Å²) in [5, 5.41) is 19.4. The summed E-state index contributed by atoms with van der Waals surface area (Å²) in [6.07, 6.45) is 15.0. The van der Waals surface area contributed by atoms with Crippen LogP contribution in [-0.4, -0.2) is 84.7 Å². The number of carbonyl (C=O) groups is 6. The van der Waals surface area contributed by atoms with Crippen molar-refractivity contribution in [2.24, 2.45) is 11.8 Å². The number of ether oxygens (including phenoxy) is 6. The zero-order chi connectivity index (χ0) is 48.0. The molecule has 65 heavy (non-hydrogen) atoms. The second-order valence-corrected chi connectivity index (χ2v) is 16.1. The summed E-state index contributed by atoms with van der Waals surface area (Å²) in [4.78, 5) is 73.1. The maximum atomic E-state index is 12.9. The van der Waals surface area contributed by atoms with Crippen LogP contribution in [0.3, 0.4) is 0 Å². The molecule has 0 fully saturated rings. The fourth-order valence-corrected chi connectivity index (χ4v) is 6.38. The maximum Gasteiger partial charge on any atom is 0.330 e. The number of esters is 4. The number of unbranched alkanes of at least 4 members (excludes halogenated alkanes) is 6. The predicted octanol–water partition coefficient (Wildman–Crippen LogP) is 9.29. The smallest absolute Gasteiger partial charge is 0.330 e. The molecule has 0 aliphatic carbocycles. The fourth-order valence-electron chi connectivity index (χ4n) is 6.38. The van der Waals surface area contributed by atoms with Gasteiger partial charge in [0.1, 0.15) is 37.9 Å². The van der Waals surface area contributed by atoms with Crippen molar-refractivity contribution in [1.29, 1.82) is 0 Å². The Morgan fingerprint density at radius 1 is 0.569 bits per heavy atom. The average molecular weight is 905 g/mol. The van der Waals surface area contributed by atoms with Crippen molar-refractivity contribution < 1.29 is 67.4 Å². The highest BCUT2D eigenvalue weighted by atomic mass is 16.6. The molecule has 2 N–H and O–H groups in total. The molecule has 2 rings (SSSR count). The van der Waals surface area contributed by atoms with Crippen molar-refractivity contribution in [2.45, 2.75) is 122 Å². The second-order valence-electron chi connectivity index (χ2n) is 16.1. The Labute approximate surface area is 383 Å². The Bertz CT molecular complexity index is 1730. The van der Waals surface area contributed by atoms with E-state index >= 15 is 0 Å². The highest BCUT2D eigenvalue weighted by Gasteiger charge is 2.27. The van der Waals surface area contributed by atoms with E-state index in [9.17, 15) is 39.0 Å². The van der Waals surface area contributed by atoms with Gasteiger partial charge in [0.25, 0.3) is 0 Å². The molecular weight excluding hydrogens is 837 g/mol. The number of hydrogen-bond donors (Lipinski definition) is 2. The largest absolute Gasteiger partial charge is 0.490 e. The van der Waals surface area contributed by atoms with Gasteiger partial charge in [-0.15, -0.1) is 0 Å². The fraction of sp³-hybridized carbons (Fsp3) is 0.490. The third-order valence-electron chi connectivity index (χ3n) is 10.4. The topological polar surface area (TPSA) is 198 Å². The lowest BCUT2D eigenvalue weighted by atomic mass is 9.78. The predicted molar refractivity (Wildman–Crippen MR) is 245 cm³/mol. The molecule has 4 atom stereocenters. The molecule has 4 unspecified atom stereocenters. The van der Waals surface area contributed by atoms with Gasteiger partial charge in [0, 0.05) is 17.6 Å². The number of carboxylic acids is 2. The normalized spacial score (nSPS) is 13.2. The molecule has 0 aliphatic heterocycles. The lowest BCUT2D eigenvalue weighted by Crippen LogP contribution is -2.32. The van der Waals surface area contributed by atoms with Crippen LogP contribution in [0, 0.1) is 11.8 Å². The third-order valence-corrected chi connectivity index (χ3v) is 10.4. The lowest BCUT2D eigenvalue weighted by Gasteiger charge is -2.27. The number of hydrogen-bond acceptors (Lipinski definition) is 12. The van der Waals surface area contributed by atoms with Crippen molar-refractivity contribution >= 4 is 35.8 Å². The summed E-state index contributed by atoms with van der Waals surface area (Å²) in [7, 11) is 0. The van der Waals surface area contributed by atoms with E-state index in [0.717, 1.165) is 74.6 Å². The van der Waals surface area contributed by atoms with E-state index in [1.807, 2.05) is 50.3 Å². The first-order chi connectivity index (χ1) is 31.1. The summed E-state index contributed by atoms with van der Waals surface area (Å²) < 4.78 is 33.2. The Hall–Kier alpha value is -6.18. The zero-order valence-corrected chi connectivity index (χ0v) is 38.4. The molecule has 2 aromatic rings. The minimum Gasteiger partial charge on any atom is -0.490 e. The first kappa shape index (κ1) is 55.0. The second kappa shape index (κ2) is 30.8. The van der Waals surface area contributed by atoms with E-state index < -0.39 is 65.3 Å². The van der Waals surface area contributed by atoms with Gasteiger partial charge in [-0.05, 0) is 73.9 Å². The number of carbonyl (C=O) groups excluding carboxylic acids is 4. The Morgan fingerprint density at radius 2 is 0.938 bits per heavy atom. The van der Waals surface area contributed by atoms with E-state index in [2.05, 4.69) is 27.0 Å². The molecule has 356 valence electrons. The number of benzene rings is 2. The van der Waals surface area contributed by atoms with Crippen LogP contribution in [0.5, 0.6) is 11.5 Å². The van der Waals surface area contributed by atoms with Gasteiger partial charge < -0.3 is 38.6 Å².